The average molecular weight is 548 g/mol. The number of nitrogens with zero attached hydrogens (tertiary/aromatic N) is 3. The van der Waals surface area contributed by atoms with Crippen LogP contribution in [0, 0.1) is 22.7 Å². The second-order valence-corrected chi connectivity index (χ2v) is 9.17. The molecule has 7 heteroatoms. The summed E-state index contributed by atoms with van der Waals surface area (Å²) in [7, 11) is 0. The van der Waals surface area contributed by atoms with Gasteiger partial charge in [-0.25, -0.2) is 9.59 Å². The number of esters is 2. The zero-order valence-corrected chi connectivity index (χ0v) is 23.4. The first-order valence-electron chi connectivity index (χ1n) is 13.6. The fraction of sp³-hybridized carbons (Fsp3) is 0.235. The number of nitriles is 2. The lowest BCUT2D eigenvalue weighted by Gasteiger charge is -2.25. The molecule has 0 saturated heterocycles. The predicted octanol–water partition coefficient (Wildman–Crippen LogP) is 7.66. The lowest BCUT2D eigenvalue weighted by Crippen LogP contribution is -2.10. The van der Waals surface area contributed by atoms with E-state index in [0.717, 1.165) is 42.7 Å². The van der Waals surface area contributed by atoms with E-state index in [1.807, 2.05) is 105 Å². The number of para-hydroxylation sites is 1. The van der Waals surface area contributed by atoms with Gasteiger partial charge in [0, 0.05) is 17.1 Å². The molecule has 41 heavy (non-hydrogen) atoms. The third-order valence-corrected chi connectivity index (χ3v) is 6.08. The molecule has 0 unspecified atom stereocenters. The van der Waals surface area contributed by atoms with Crippen molar-refractivity contribution in [3.8, 4) is 12.1 Å². The standard InChI is InChI=1S/C34H33N3O4/c1-3-5-20-40-33(38)28(24-35)22-26-12-16-31(17-13-26)37(30-10-8-7-9-11-30)32-18-14-27(15-19-32)23-29(25-36)34(39)41-21-6-4-2/h7-19,22-23H,3-6,20-21H2,1-2H3. The van der Waals surface area contributed by atoms with Crippen molar-refractivity contribution in [2.24, 2.45) is 0 Å². The highest BCUT2D eigenvalue weighted by atomic mass is 16.5. The normalized spacial score (nSPS) is 11.2. The van der Waals surface area contributed by atoms with Crippen molar-refractivity contribution in [1.82, 2.24) is 0 Å². The van der Waals surface area contributed by atoms with Crippen LogP contribution in [-0.4, -0.2) is 25.2 Å². The number of rotatable bonds is 13. The quantitative estimate of drug-likeness (QED) is 0.0936. The second-order valence-electron chi connectivity index (χ2n) is 9.17. The molecular weight excluding hydrogens is 514 g/mol. The first-order chi connectivity index (χ1) is 20.0. The van der Waals surface area contributed by atoms with Crippen LogP contribution in [0.3, 0.4) is 0 Å². The molecule has 0 aromatic heterocycles. The Morgan fingerprint density at radius 2 is 1.05 bits per heavy atom. The third-order valence-electron chi connectivity index (χ3n) is 6.08. The molecule has 0 heterocycles. The summed E-state index contributed by atoms with van der Waals surface area (Å²) in [5.41, 5.74) is 3.93. The van der Waals surface area contributed by atoms with Gasteiger partial charge >= 0.3 is 11.9 Å². The van der Waals surface area contributed by atoms with Gasteiger partial charge in [0.15, 0.2) is 0 Å². The minimum Gasteiger partial charge on any atom is -0.462 e. The largest absolute Gasteiger partial charge is 0.462 e. The van der Waals surface area contributed by atoms with Gasteiger partial charge in [0.05, 0.1) is 13.2 Å². The van der Waals surface area contributed by atoms with Crippen molar-refractivity contribution in [3.05, 3.63) is 101 Å². The molecule has 0 radical (unpaired) electrons. The second kappa shape index (κ2) is 16.1. The van der Waals surface area contributed by atoms with Crippen LogP contribution in [0.2, 0.25) is 0 Å². The van der Waals surface area contributed by atoms with E-state index in [-0.39, 0.29) is 24.4 Å². The van der Waals surface area contributed by atoms with E-state index < -0.39 is 11.9 Å². The van der Waals surface area contributed by atoms with E-state index in [2.05, 4.69) is 4.90 Å². The first kappa shape index (κ1) is 30.4. The van der Waals surface area contributed by atoms with Gasteiger partial charge < -0.3 is 14.4 Å². The van der Waals surface area contributed by atoms with Gasteiger partial charge in [-0.05, 0) is 72.5 Å². The summed E-state index contributed by atoms with van der Waals surface area (Å²) in [6, 6.07) is 28.6. The summed E-state index contributed by atoms with van der Waals surface area (Å²) in [6.45, 7) is 4.57. The summed E-state index contributed by atoms with van der Waals surface area (Å²) < 4.78 is 10.4. The predicted molar refractivity (Wildman–Crippen MR) is 160 cm³/mol. The van der Waals surface area contributed by atoms with Crippen molar-refractivity contribution >= 4 is 41.2 Å². The van der Waals surface area contributed by atoms with Crippen molar-refractivity contribution in [3.63, 3.8) is 0 Å². The SMILES string of the molecule is CCCCOC(=O)C(C#N)=Cc1ccc(N(c2ccccc2)c2ccc(C=C(C#N)C(=O)OCCCC)cc2)cc1. The topological polar surface area (TPSA) is 103 Å². The van der Waals surface area contributed by atoms with Gasteiger partial charge in [-0.15, -0.1) is 0 Å². The molecule has 0 saturated carbocycles. The zero-order chi connectivity index (χ0) is 29.5. The molecular formula is C34H33N3O4. The van der Waals surface area contributed by atoms with E-state index in [1.54, 1.807) is 0 Å². The molecule has 3 rings (SSSR count). The van der Waals surface area contributed by atoms with Crippen LogP contribution in [0.4, 0.5) is 17.1 Å². The first-order valence-corrected chi connectivity index (χ1v) is 13.6. The Hall–Kier alpha value is -5.14. The Balaban J connectivity index is 1.87. The minimum absolute atomic E-state index is 0.0524. The van der Waals surface area contributed by atoms with Crippen LogP contribution in [0.1, 0.15) is 50.7 Å². The lowest BCUT2D eigenvalue weighted by molar-refractivity contribution is -0.139. The Morgan fingerprint density at radius 1 is 0.659 bits per heavy atom. The molecule has 0 amide bonds. The van der Waals surface area contributed by atoms with Crippen LogP contribution in [-0.2, 0) is 19.1 Å². The summed E-state index contributed by atoms with van der Waals surface area (Å²) in [4.78, 5) is 26.5. The summed E-state index contributed by atoms with van der Waals surface area (Å²) >= 11 is 0. The van der Waals surface area contributed by atoms with Gasteiger partial charge in [-0.2, -0.15) is 10.5 Å². The molecule has 0 fully saturated rings. The number of ether oxygens (including phenoxy) is 2. The number of unbranched alkanes of at least 4 members (excludes halogenated alkanes) is 2. The molecule has 7 nitrogen and oxygen atoms in total. The Kier molecular flexibility index (Phi) is 11.9. The monoisotopic (exact) mass is 547 g/mol. The smallest absolute Gasteiger partial charge is 0.348 e. The van der Waals surface area contributed by atoms with Crippen molar-refractivity contribution in [2.45, 2.75) is 39.5 Å². The number of carbonyl (C=O) groups excluding carboxylic acids is 2. The van der Waals surface area contributed by atoms with Gasteiger partial charge in [0.1, 0.15) is 23.3 Å². The molecule has 3 aromatic carbocycles. The number of hydrogen-bond acceptors (Lipinski definition) is 7. The van der Waals surface area contributed by atoms with Gasteiger partial charge in [0.2, 0.25) is 0 Å². The third kappa shape index (κ3) is 8.95. The maximum absolute atomic E-state index is 12.2. The number of hydrogen-bond donors (Lipinski definition) is 0. The van der Waals surface area contributed by atoms with Crippen molar-refractivity contribution < 1.29 is 19.1 Å². The van der Waals surface area contributed by atoms with E-state index >= 15 is 0 Å². The van der Waals surface area contributed by atoms with E-state index in [9.17, 15) is 20.1 Å². The molecule has 0 bridgehead atoms. The fourth-order valence-electron chi connectivity index (χ4n) is 3.84. The molecule has 0 N–H and O–H groups in total. The zero-order valence-electron chi connectivity index (χ0n) is 23.4. The summed E-state index contributed by atoms with van der Waals surface area (Å²) in [6.07, 6.45) is 6.32. The van der Waals surface area contributed by atoms with Gasteiger partial charge in [0.25, 0.3) is 0 Å². The van der Waals surface area contributed by atoms with Gasteiger partial charge in [-0.1, -0.05) is 69.2 Å². The highest BCUT2D eigenvalue weighted by molar-refractivity contribution is 5.98. The molecule has 208 valence electrons. The Labute approximate surface area is 241 Å². The van der Waals surface area contributed by atoms with Crippen LogP contribution < -0.4 is 4.90 Å². The van der Waals surface area contributed by atoms with Crippen LogP contribution >= 0.6 is 0 Å². The lowest BCUT2D eigenvalue weighted by atomic mass is 10.1. The van der Waals surface area contributed by atoms with Crippen LogP contribution in [0.5, 0.6) is 0 Å². The Morgan fingerprint density at radius 3 is 1.41 bits per heavy atom. The molecule has 0 spiro atoms. The van der Waals surface area contributed by atoms with Crippen molar-refractivity contribution in [1.29, 1.82) is 10.5 Å². The Bertz CT molecular complexity index is 1350. The van der Waals surface area contributed by atoms with E-state index in [1.165, 1.54) is 12.2 Å². The van der Waals surface area contributed by atoms with E-state index in [4.69, 9.17) is 9.47 Å². The average Bonchev–Trinajstić information content (AvgIpc) is 3.01. The number of anilines is 3. The maximum atomic E-state index is 12.2. The van der Waals surface area contributed by atoms with Crippen molar-refractivity contribution in [2.75, 3.05) is 18.1 Å². The van der Waals surface area contributed by atoms with Crippen LogP contribution in [0.25, 0.3) is 12.2 Å². The molecule has 0 atom stereocenters. The summed E-state index contributed by atoms with van der Waals surface area (Å²) in [5.74, 6) is -1.25. The fourth-order valence-corrected chi connectivity index (χ4v) is 3.84. The summed E-state index contributed by atoms with van der Waals surface area (Å²) in [5, 5.41) is 18.9. The maximum Gasteiger partial charge on any atom is 0.348 e. The highest BCUT2D eigenvalue weighted by Crippen LogP contribution is 2.34. The highest BCUT2D eigenvalue weighted by Gasteiger charge is 2.15. The number of carbonyl (C=O) groups is 2. The minimum atomic E-state index is -0.626. The van der Waals surface area contributed by atoms with Gasteiger partial charge in [-0.3, -0.25) is 0 Å². The molecule has 0 aliphatic carbocycles. The molecule has 0 aliphatic rings. The molecule has 0 aliphatic heterocycles. The number of benzene rings is 3. The van der Waals surface area contributed by atoms with Crippen LogP contribution in [0.15, 0.2) is 90.0 Å². The molecule has 3 aromatic rings. The van der Waals surface area contributed by atoms with E-state index in [0.29, 0.717) is 11.1 Å².